The van der Waals surface area contributed by atoms with Crippen molar-refractivity contribution in [3.63, 3.8) is 0 Å². The molecule has 102 valence electrons. The largest absolute Gasteiger partial charge is 0.392 e. The van der Waals surface area contributed by atoms with E-state index in [1.54, 1.807) is 0 Å². The number of aliphatic hydroxyl groups excluding tert-OH is 1. The molecule has 0 aliphatic carbocycles. The van der Waals surface area contributed by atoms with Crippen LogP contribution in [0.15, 0.2) is 18.2 Å². The number of hydrogen-bond acceptors (Lipinski definition) is 3. The molecule has 19 heavy (non-hydrogen) atoms. The summed E-state index contributed by atoms with van der Waals surface area (Å²) < 4.78 is 0. The fraction of sp³-hybridized carbons (Fsp3) is 0.500. The number of piperazine rings is 1. The number of benzene rings is 1. The van der Waals surface area contributed by atoms with Crippen LogP contribution in [0.5, 0.6) is 0 Å². The monoisotopic (exact) mass is 280 g/mol. The van der Waals surface area contributed by atoms with Gasteiger partial charge in [-0.1, -0.05) is 17.7 Å². The second-order valence-electron chi connectivity index (χ2n) is 5.16. The maximum absolute atomic E-state index is 11.6. The lowest BCUT2D eigenvalue weighted by molar-refractivity contribution is -0.129. The van der Waals surface area contributed by atoms with E-state index in [0.717, 1.165) is 37.3 Å². The van der Waals surface area contributed by atoms with Crippen molar-refractivity contribution in [1.29, 1.82) is 0 Å². The number of carbonyl (C=O) groups is 1. The number of nitrogens with zero attached hydrogens (tertiary/aromatic N) is 2. The van der Waals surface area contributed by atoms with Crippen molar-refractivity contribution in [2.45, 2.75) is 25.5 Å². The molecule has 2 aliphatic heterocycles. The van der Waals surface area contributed by atoms with Crippen LogP contribution in [0.1, 0.15) is 18.4 Å². The Bertz CT molecular complexity index is 506. The van der Waals surface area contributed by atoms with E-state index < -0.39 is 0 Å². The first kappa shape index (κ1) is 12.8. The van der Waals surface area contributed by atoms with Crippen molar-refractivity contribution in [3.8, 4) is 0 Å². The molecule has 3 rings (SSSR count). The minimum atomic E-state index is -0.0377. The summed E-state index contributed by atoms with van der Waals surface area (Å²) in [6, 6.07) is 6.10. The van der Waals surface area contributed by atoms with Crippen molar-refractivity contribution in [2.24, 2.45) is 0 Å². The molecule has 1 N–H and O–H groups in total. The number of anilines is 1. The minimum absolute atomic E-state index is 0.0377. The molecule has 1 aromatic rings. The Balaban J connectivity index is 1.77. The van der Waals surface area contributed by atoms with E-state index in [4.69, 9.17) is 16.7 Å². The number of hydrogen-bond donors (Lipinski definition) is 1. The van der Waals surface area contributed by atoms with Crippen LogP contribution in [-0.2, 0) is 11.4 Å². The predicted molar refractivity (Wildman–Crippen MR) is 74.3 cm³/mol. The summed E-state index contributed by atoms with van der Waals surface area (Å²) in [6.07, 6.45) is 1.64. The van der Waals surface area contributed by atoms with Crippen LogP contribution >= 0.6 is 11.6 Å². The molecule has 4 nitrogen and oxygen atoms in total. The minimum Gasteiger partial charge on any atom is -0.392 e. The van der Waals surface area contributed by atoms with Gasteiger partial charge in [-0.25, -0.2) is 0 Å². The van der Waals surface area contributed by atoms with Crippen molar-refractivity contribution in [3.05, 3.63) is 28.8 Å². The Kier molecular flexibility index (Phi) is 3.37. The molecule has 1 amide bonds. The third-order valence-electron chi connectivity index (χ3n) is 4.07. The molecule has 1 unspecified atom stereocenters. The highest BCUT2D eigenvalue weighted by Crippen LogP contribution is 2.29. The first-order valence-corrected chi connectivity index (χ1v) is 7.00. The second kappa shape index (κ2) is 5.02. The van der Waals surface area contributed by atoms with Crippen molar-refractivity contribution in [1.82, 2.24) is 4.90 Å². The van der Waals surface area contributed by atoms with Crippen LogP contribution in [0.2, 0.25) is 5.02 Å². The summed E-state index contributed by atoms with van der Waals surface area (Å²) in [4.78, 5) is 15.9. The SMILES string of the molecule is O=C1CCC2CN(c3ccc(CO)c(Cl)c3)CCN12. The van der Waals surface area contributed by atoms with Crippen LogP contribution in [0.25, 0.3) is 0 Å². The summed E-state index contributed by atoms with van der Waals surface area (Å²) in [5.74, 6) is 0.290. The highest BCUT2D eigenvalue weighted by Gasteiger charge is 2.35. The molecule has 0 radical (unpaired) electrons. The highest BCUT2D eigenvalue weighted by atomic mass is 35.5. The molecular formula is C14H17ClN2O2. The van der Waals surface area contributed by atoms with Crippen LogP contribution in [0.4, 0.5) is 5.69 Å². The fourth-order valence-electron chi connectivity index (χ4n) is 2.96. The van der Waals surface area contributed by atoms with Crippen LogP contribution in [-0.4, -0.2) is 41.6 Å². The number of carbonyl (C=O) groups excluding carboxylic acids is 1. The zero-order valence-corrected chi connectivity index (χ0v) is 11.4. The van der Waals surface area contributed by atoms with E-state index in [0.29, 0.717) is 23.4 Å². The van der Waals surface area contributed by atoms with E-state index in [9.17, 15) is 4.79 Å². The molecule has 0 spiro atoms. The molecule has 2 aliphatic rings. The van der Waals surface area contributed by atoms with Crippen LogP contribution < -0.4 is 4.90 Å². The van der Waals surface area contributed by atoms with E-state index in [1.807, 2.05) is 23.1 Å². The first-order chi connectivity index (χ1) is 9.19. The lowest BCUT2D eigenvalue weighted by Gasteiger charge is -2.39. The molecule has 2 heterocycles. The summed E-state index contributed by atoms with van der Waals surface area (Å²) in [6.45, 7) is 2.48. The number of rotatable bonds is 2. The summed E-state index contributed by atoms with van der Waals surface area (Å²) in [7, 11) is 0. The van der Waals surface area contributed by atoms with Gasteiger partial charge in [-0.05, 0) is 24.1 Å². The molecular weight excluding hydrogens is 264 g/mol. The molecule has 5 heteroatoms. The summed E-state index contributed by atoms with van der Waals surface area (Å²) in [5, 5.41) is 9.73. The molecule has 0 aromatic heterocycles. The van der Waals surface area contributed by atoms with E-state index in [2.05, 4.69) is 4.90 Å². The Morgan fingerprint density at radius 1 is 1.37 bits per heavy atom. The van der Waals surface area contributed by atoms with E-state index in [-0.39, 0.29) is 6.61 Å². The Hall–Kier alpha value is -1.26. The Morgan fingerprint density at radius 2 is 2.21 bits per heavy atom. The van der Waals surface area contributed by atoms with Crippen LogP contribution in [0.3, 0.4) is 0 Å². The smallest absolute Gasteiger partial charge is 0.223 e. The molecule has 1 atom stereocenters. The normalized spacial score (nSPS) is 22.8. The molecule has 2 fully saturated rings. The standard InChI is InChI=1S/C14H17ClN2O2/c15-13-7-11(2-1-10(13)9-18)16-5-6-17-12(8-16)3-4-14(17)19/h1-2,7,12,18H,3-6,8-9H2. The third kappa shape index (κ3) is 2.30. The van der Waals surface area contributed by atoms with Crippen molar-refractivity contribution >= 4 is 23.2 Å². The average molecular weight is 281 g/mol. The maximum Gasteiger partial charge on any atom is 0.223 e. The van der Waals surface area contributed by atoms with Gasteiger partial charge in [0.25, 0.3) is 0 Å². The molecule has 1 aromatic carbocycles. The van der Waals surface area contributed by atoms with Gasteiger partial charge in [0.1, 0.15) is 0 Å². The number of fused-ring (bicyclic) bond motifs is 1. The van der Waals surface area contributed by atoms with Gasteiger partial charge in [-0.2, -0.15) is 0 Å². The number of aliphatic hydroxyl groups is 1. The van der Waals surface area contributed by atoms with Gasteiger partial charge >= 0.3 is 0 Å². The summed E-state index contributed by atoms with van der Waals surface area (Å²) in [5.41, 5.74) is 1.82. The Labute approximate surface area is 117 Å². The summed E-state index contributed by atoms with van der Waals surface area (Å²) >= 11 is 6.13. The quantitative estimate of drug-likeness (QED) is 0.896. The third-order valence-corrected chi connectivity index (χ3v) is 4.42. The lowest BCUT2D eigenvalue weighted by Crippen LogP contribution is -2.51. The van der Waals surface area contributed by atoms with Crippen molar-refractivity contribution in [2.75, 3.05) is 24.5 Å². The topological polar surface area (TPSA) is 43.8 Å². The lowest BCUT2D eigenvalue weighted by atomic mass is 10.1. The van der Waals surface area contributed by atoms with Gasteiger partial charge in [-0.3, -0.25) is 4.79 Å². The van der Waals surface area contributed by atoms with Gasteiger partial charge in [0.2, 0.25) is 5.91 Å². The fourth-order valence-corrected chi connectivity index (χ4v) is 3.19. The first-order valence-electron chi connectivity index (χ1n) is 6.63. The van der Waals surface area contributed by atoms with Gasteiger partial charge in [0.05, 0.1) is 6.61 Å². The van der Waals surface area contributed by atoms with Gasteiger partial charge in [0, 0.05) is 42.8 Å². The van der Waals surface area contributed by atoms with Gasteiger partial charge < -0.3 is 14.9 Å². The number of amides is 1. The Morgan fingerprint density at radius 3 is 2.95 bits per heavy atom. The van der Waals surface area contributed by atoms with Crippen molar-refractivity contribution < 1.29 is 9.90 Å². The maximum atomic E-state index is 11.6. The van der Waals surface area contributed by atoms with E-state index >= 15 is 0 Å². The van der Waals surface area contributed by atoms with E-state index in [1.165, 1.54) is 0 Å². The zero-order chi connectivity index (χ0) is 13.4. The molecule has 2 saturated heterocycles. The van der Waals surface area contributed by atoms with Crippen LogP contribution in [0, 0.1) is 0 Å². The second-order valence-corrected chi connectivity index (χ2v) is 5.57. The predicted octanol–water partition coefficient (Wildman–Crippen LogP) is 1.64. The molecule has 0 saturated carbocycles. The molecule has 0 bridgehead atoms. The van der Waals surface area contributed by atoms with Gasteiger partial charge in [-0.15, -0.1) is 0 Å². The average Bonchev–Trinajstić information content (AvgIpc) is 2.80. The van der Waals surface area contributed by atoms with Gasteiger partial charge in [0.15, 0.2) is 0 Å². The zero-order valence-electron chi connectivity index (χ0n) is 10.7. The number of halogens is 1. The highest BCUT2D eigenvalue weighted by molar-refractivity contribution is 6.31.